The highest BCUT2D eigenvalue weighted by Crippen LogP contribution is 2.43. The first-order valence-corrected chi connectivity index (χ1v) is 17.9. The van der Waals surface area contributed by atoms with E-state index >= 15 is 0 Å². The number of primary amides is 1. The topological polar surface area (TPSA) is 107 Å². The first kappa shape index (κ1) is 37.2. The van der Waals surface area contributed by atoms with E-state index < -0.39 is 23.4 Å². The van der Waals surface area contributed by atoms with Crippen molar-refractivity contribution in [1.29, 1.82) is 0 Å². The zero-order valence-corrected chi connectivity index (χ0v) is 30.9. The fraction of sp³-hybridized carbons (Fsp3) is 0.730. The van der Waals surface area contributed by atoms with Gasteiger partial charge in [-0.05, 0) is 88.8 Å². The fourth-order valence-corrected chi connectivity index (χ4v) is 8.32. The van der Waals surface area contributed by atoms with Gasteiger partial charge in [0, 0.05) is 56.3 Å². The largest absolute Gasteiger partial charge is 0.369 e. The number of nitrogens with two attached hydrogens (primary N) is 1. The van der Waals surface area contributed by atoms with Crippen LogP contribution in [-0.2, 0) is 19.2 Å². The minimum atomic E-state index is -1.33. The maximum Gasteiger partial charge on any atom is 0.244 e. The molecule has 47 heavy (non-hydrogen) atoms. The molecule has 0 bridgehead atoms. The van der Waals surface area contributed by atoms with Gasteiger partial charge in [0.2, 0.25) is 23.6 Å². The number of amides is 4. The number of hydrogen-bond donors (Lipinski definition) is 1. The monoisotopic (exact) mass is 671 g/mol. The number of carbonyl (C=O) groups excluding carboxylic acids is 4. The summed E-state index contributed by atoms with van der Waals surface area (Å²) >= 11 is 6.24. The molecular weight excluding hydrogens is 614 g/mol. The van der Waals surface area contributed by atoms with E-state index in [1.165, 1.54) is 0 Å². The summed E-state index contributed by atoms with van der Waals surface area (Å²) in [5.41, 5.74) is 5.71. The Morgan fingerprint density at radius 2 is 1.51 bits per heavy atom. The van der Waals surface area contributed by atoms with Crippen LogP contribution in [0, 0.1) is 16.7 Å². The van der Waals surface area contributed by atoms with Crippen molar-refractivity contribution in [2.45, 2.75) is 123 Å². The predicted molar refractivity (Wildman–Crippen MR) is 187 cm³/mol. The van der Waals surface area contributed by atoms with E-state index in [9.17, 15) is 19.2 Å². The summed E-state index contributed by atoms with van der Waals surface area (Å²) in [6.07, 6.45) is 4.44. The Kier molecular flexibility index (Phi) is 11.1. The number of benzene rings is 1. The Bertz CT molecular complexity index is 1310. The Morgan fingerprint density at radius 1 is 0.936 bits per heavy atom. The summed E-state index contributed by atoms with van der Waals surface area (Å²) in [7, 11) is 3.42. The van der Waals surface area contributed by atoms with Crippen LogP contribution in [0.4, 0.5) is 0 Å². The van der Waals surface area contributed by atoms with Gasteiger partial charge in [-0.1, -0.05) is 51.4 Å². The van der Waals surface area contributed by atoms with Crippen LogP contribution in [0.15, 0.2) is 24.3 Å². The van der Waals surface area contributed by atoms with Crippen LogP contribution in [0.2, 0.25) is 5.02 Å². The highest BCUT2D eigenvalue weighted by Gasteiger charge is 2.53. The number of likely N-dealkylation sites (N-methyl/N-ethyl adjacent to an activating group) is 1. The lowest BCUT2D eigenvalue weighted by atomic mass is 9.73. The van der Waals surface area contributed by atoms with Crippen LogP contribution in [0.1, 0.15) is 105 Å². The molecule has 4 amide bonds. The van der Waals surface area contributed by atoms with Crippen LogP contribution in [0.5, 0.6) is 0 Å². The number of halogens is 1. The van der Waals surface area contributed by atoms with E-state index in [0.29, 0.717) is 37.4 Å². The minimum Gasteiger partial charge on any atom is -0.369 e. The molecule has 2 aliphatic heterocycles. The normalized spacial score (nSPS) is 25.5. The van der Waals surface area contributed by atoms with Crippen molar-refractivity contribution in [3.63, 3.8) is 0 Å². The predicted octanol–water partition coefficient (Wildman–Crippen LogP) is 5.30. The SMILES string of the molecule is CCC(CC)(C(N)=O)C(=O)N(C1CCC(C)(C)CC1)[C@H]1C[C@@H](C(=O)N(C)C)N(C(=O)[C@@H]2CN(C(C)(C)C)C[C@H]2c2ccc(Cl)cc2)C1. The minimum absolute atomic E-state index is 0.0660. The van der Waals surface area contributed by atoms with E-state index in [4.69, 9.17) is 17.3 Å². The number of carbonyl (C=O) groups is 4. The molecule has 10 heteroatoms. The summed E-state index contributed by atoms with van der Waals surface area (Å²) < 4.78 is 0. The number of nitrogens with zero attached hydrogens (tertiary/aromatic N) is 4. The lowest BCUT2D eigenvalue weighted by molar-refractivity contribution is -0.155. The molecule has 3 aliphatic rings. The Morgan fingerprint density at radius 3 is 2.00 bits per heavy atom. The van der Waals surface area contributed by atoms with Gasteiger partial charge in [-0.3, -0.25) is 24.1 Å². The molecule has 262 valence electrons. The van der Waals surface area contributed by atoms with Gasteiger partial charge in [0.05, 0.1) is 12.0 Å². The van der Waals surface area contributed by atoms with E-state index in [-0.39, 0.29) is 53.1 Å². The molecule has 9 nitrogen and oxygen atoms in total. The van der Waals surface area contributed by atoms with Crippen molar-refractivity contribution < 1.29 is 19.2 Å². The second-order valence-corrected chi connectivity index (χ2v) is 16.7. The molecule has 2 saturated heterocycles. The molecular formula is C37H58ClN5O4. The third kappa shape index (κ3) is 7.51. The molecule has 0 spiro atoms. The average molecular weight is 672 g/mol. The highest BCUT2D eigenvalue weighted by molar-refractivity contribution is 6.30. The van der Waals surface area contributed by atoms with Crippen LogP contribution in [0.25, 0.3) is 0 Å². The van der Waals surface area contributed by atoms with E-state index in [2.05, 4.69) is 39.5 Å². The van der Waals surface area contributed by atoms with E-state index in [0.717, 1.165) is 31.2 Å². The number of hydrogen-bond acceptors (Lipinski definition) is 5. The van der Waals surface area contributed by atoms with Gasteiger partial charge in [-0.15, -0.1) is 0 Å². The summed E-state index contributed by atoms with van der Waals surface area (Å²) in [5, 5.41) is 0.642. The number of rotatable bonds is 9. The lowest BCUT2D eigenvalue weighted by Crippen LogP contribution is -2.58. The quantitative estimate of drug-likeness (QED) is 0.359. The molecule has 0 aromatic heterocycles. The van der Waals surface area contributed by atoms with Gasteiger partial charge in [0.1, 0.15) is 11.5 Å². The van der Waals surface area contributed by atoms with Gasteiger partial charge in [-0.25, -0.2) is 0 Å². The van der Waals surface area contributed by atoms with Crippen molar-refractivity contribution >= 4 is 35.2 Å². The molecule has 1 aromatic carbocycles. The maximum absolute atomic E-state index is 14.9. The van der Waals surface area contributed by atoms with Crippen LogP contribution in [0.3, 0.4) is 0 Å². The Hall–Kier alpha value is -2.65. The molecule has 0 unspecified atom stereocenters. The molecule has 1 aromatic rings. The zero-order chi connectivity index (χ0) is 35.1. The fourth-order valence-electron chi connectivity index (χ4n) is 8.20. The Balaban J connectivity index is 1.75. The zero-order valence-electron chi connectivity index (χ0n) is 30.1. The second kappa shape index (κ2) is 14.1. The van der Waals surface area contributed by atoms with E-state index in [1.807, 2.05) is 43.0 Å². The molecule has 1 aliphatic carbocycles. The molecule has 2 N–H and O–H groups in total. The smallest absolute Gasteiger partial charge is 0.244 e. The van der Waals surface area contributed by atoms with Crippen molar-refractivity contribution in [2.24, 2.45) is 22.5 Å². The standard InChI is InChI=1S/C37H58ClN5O4/c1-10-37(11-2,33(39)46)34(47)43(26-16-18-36(6,7)19-17-26)27-20-30(32(45)40(8)9)42(21-27)31(44)29-23-41(35(3,4)5)22-28(29)24-12-14-25(38)15-13-24/h12-15,26-30H,10-11,16-23H2,1-9H3,(H2,39,46)/t27-,28-,29+,30-/m0/s1. The molecule has 3 fully saturated rings. The van der Waals surface area contributed by atoms with Crippen LogP contribution < -0.4 is 5.73 Å². The van der Waals surface area contributed by atoms with Crippen LogP contribution in [-0.4, -0.2) is 101 Å². The molecule has 0 radical (unpaired) electrons. The molecule has 4 atom stereocenters. The van der Waals surface area contributed by atoms with Gasteiger partial charge < -0.3 is 20.4 Å². The Labute approximate surface area is 287 Å². The maximum atomic E-state index is 14.9. The second-order valence-electron chi connectivity index (χ2n) is 16.2. The van der Waals surface area contributed by atoms with Gasteiger partial charge in [-0.2, -0.15) is 0 Å². The summed E-state index contributed by atoms with van der Waals surface area (Å²) in [5.74, 6) is -1.53. The first-order valence-electron chi connectivity index (χ1n) is 17.5. The summed E-state index contributed by atoms with van der Waals surface area (Å²) in [6, 6.07) is 6.52. The molecule has 2 heterocycles. The van der Waals surface area contributed by atoms with Crippen molar-refractivity contribution in [3.05, 3.63) is 34.9 Å². The van der Waals surface area contributed by atoms with Crippen molar-refractivity contribution in [2.75, 3.05) is 33.7 Å². The summed E-state index contributed by atoms with van der Waals surface area (Å²) in [4.78, 5) is 63.9. The third-order valence-corrected chi connectivity index (χ3v) is 11.8. The van der Waals surface area contributed by atoms with Gasteiger partial charge in [0.15, 0.2) is 0 Å². The first-order chi connectivity index (χ1) is 21.9. The van der Waals surface area contributed by atoms with Crippen molar-refractivity contribution in [3.8, 4) is 0 Å². The van der Waals surface area contributed by atoms with E-state index in [1.54, 1.807) is 23.9 Å². The van der Waals surface area contributed by atoms with Gasteiger partial charge in [0.25, 0.3) is 0 Å². The number of likely N-dealkylation sites (tertiary alicyclic amines) is 2. The lowest BCUT2D eigenvalue weighted by Gasteiger charge is -2.46. The van der Waals surface area contributed by atoms with Gasteiger partial charge >= 0.3 is 0 Å². The average Bonchev–Trinajstić information content (AvgIpc) is 3.64. The third-order valence-electron chi connectivity index (χ3n) is 11.6. The van der Waals surface area contributed by atoms with Crippen LogP contribution >= 0.6 is 11.6 Å². The molecule has 1 saturated carbocycles. The van der Waals surface area contributed by atoms with Crippen molar-refractivity contribution in [1.82, 2.24) is 19.6 Å². The highest BCUT2D eigenvalue weighted by atomic mass is 35.5. The molecule has 4 rings (SSSR count). The summed E-state index contributed by atoms with van der Waals surface area (Å²) in [6.45, 7) is 16.2.